The fourth-order valence-electron chi connectivity index (χ4n) is 0.898. The van der Waals surface area contributed by atoms with Crippen LogP contribution in [0.5, 0.6) is 11.5 Å². The zero-order chi connectivity index (χ0) is 10.6. The molecule has 3 heteroatoms. The molecule has 0 aromatic heterocycles. The fraction of sp³-hybridized carbons (Fsp3) is 0.364. The molecule has 14 heavy (non-hydrogen) atoms. The van der Waals surface area contributed by atoms with Gasteiger partial charge >= 0.3 is 5.97 Å². The van der Waals surface area contributed by atoms with Gasteiger partial charge in [-0.05, 0) is 30.7 Å². The molecular weight excluding hydrogens is 180 g/mol. The standard InChI is InChI=1S/C11H14O3/c1-3-8(2)11(13)14-10-6-4-9(12)5-7-10/h4-8,12H,3H2,1-2H3. The first-order valence-electron chi connectivity index (χ1n) is 4.64. The summed E-state index contributed by atoms with van der Waals surface area (Å²) in [6.45, 7) is 3.76. The lowest BCUT2D eigenvalue weighted by Crippen LogP contribution is -2.16. The molecule has 0 heterocycles. The van der Waals surface area contributed by atoms with Crippen LogP contribution in [0.15, 0.2) is 24.3 Å². The second-order valence-electron chi connectivity index (χ2n) is 3.22. The highest BCUT2D eigenvalue weighted by atomic mass is 16.5. The Morgan fingerprint density at radius 3 is 2.50 bits per heavy atom. The zero-order valence-electron chi connectivity index (χ0n) is 8.36. The van der Waals surface area contributed by atoms with Gasteiger partial charge in [0.05, 0.1) is 5.92 Å². The highest BCUT2D eigenvalue weighted by molar-refractivity contribution is 5.74. The van der Waals surface area contributed by atoms with Gasteiger partial charge in [-0.1, -0.05) is 13.8 Å². The number of esters is 1. The van der Waals surface area contributed by atoms with Crippen LogP contribution < -0.4 is 4.74 Å². The molecule has 0 saturated carbocycles. The number of carbonyl (C=O) groups is 1. The molecular formula is C11H14O3. The van der Waals surface area contributed by atoms with E-state index in [1.165, 1.54) is 12.1 Å². The number of phenols is 1. The highest BCUT2D eigenvalue weighted by Gasteiger charge is 2.12. The van der Waals surface area contributed by atoms with E-state index in [-0.39, 0.29) is 17.6 Å². The summed E-state index contributed by atoms with van der Waals surface area (Å²) in [6, 6.07) is 6.10. The van der Waals surface area contributed by atoms with Crippen LogP contribution in [0.1, 0.15) is 20.3 Å². The number of hydrogen-bond acceptors (Lipinski definition) is 3. The van der Waals surface area contributed by atoms with E-state index in [0.717, 1.165) is 6.42 Å². The van der Waals surface area contributed by atoms with E-state index in [1.54, 1.807) is 12.1 Å². The molecule has 1 aromatic carbocycles. The summed E-state index contributed by atoms with van der Waals surface area (Å²) >= 11 is 0. The van der Waals surface area contributed by atoms with Gasteiger partial charge in [0.2, 0.25) is 0 Å². The summed E-state index contributed by atoms with van der Waals surface area (Å²) < 4.78 is 5.07. The summed E-state index contributed by atoms with van der Waals surface area (Å²) in [6.07, 6.45) is 0.761. The van der Waals surface area contributed by atoms with Crippen molar-refractivity contribution >= 4 is 5.97 Å². The van der Waals surface area contributed by atoms with Crippen LogP contribution in [0, 0.1) is 5.92 Å². The number of aromatic hydroxyl groups is 1. The van der Waals surface area contributed by atoms with Gasteiger partial charge in [-0.25, -0.2) is 0 Å². The predicted molar refractivity (Wildman–Crippen MR) is 53.2 cm³/mol. The normalized spacial score (nSPS) is 12.1. The minimum atomic E-state index is -0.238. The number of phenolic OH excluding ortho intramolecular Hbond substituents is 1. The fourth-order valence-corrected chi connectivity index (χ4v) is 0.898. The third kappa shape index (κ3) is 2.76. The van der Waals surface area contributed by atoms with Crippen LogP contribution in [0.2, 0.25) is 0 Å². The lowest BCUT2D eigenvalue weighted by Gasteiger charge is -2.08. The third-order valence-electron chi connectivity index (χ3n) is 2.07. The van der Waals surface area contributed by atoms with Gasteiger partial charge in [-0.2, -0.15) is 0 Å². The predicted octanol–water partition coefficient (Wildman–Crippen LogP) is 2.34. The van der Waals surface area contributed by atoms with Crippen molar-refractivity contribution < 1.29 is 14.6 Å². The number of rotatable bonds is 3. The van der Waals surface area contributed by atoms with Crippen LogP contribution in [-0.2, 0) is 4.79 Å². The molecule has 1 atom stereocenters. The van der Waals surface area contributed by atoms with Crippen LogP contribution in [0.3, 0.4) is 0 Å². The van der Waals surface area contributed by atoms with Crippen LogP contribution in [0.25, 0.3) is 0 Å². The van der Waals surface area contributed by atoms with Gasteiger partial charge in [-0.3, -0.25) is 4.79 Å². The highest BCUT2D eigenvalue weighted by Crippen LogP contribution is 2.17. The van der Waals surface area contributed by atoms with Crippen molar-refractivity contribution in [3.05, 3.63) is 24.3 Å². The number of benzene rings is 1. The molecule has 1 aromatic rings. The van der Waals surface area contributed by atoms with E-state index < -0.39 is 0 Å². The molecule has 0 fully saturated rings. The quantitative estimate of drug-likeness (QED) is 0.593. The molecule has 0 radical (unpaired) electrons. The third-order valence-corrected chi connectivity index (χ3v) is 2.07. The molecule has 0 aliphatic heterocycles. The van der Waals surface area contributed by atoms with Crippen LogP contribution in [-0.4, -0.2) is 11.1 Å². The van der Waals surface area contributed by atoms with E-state index in [9.17, 15) is 4.79 Å². The Morgan fingerprint density at radius 1 is 1.43 bits per heavy atom. The minimum Gasteiger partial charge on any atom is -0.508 e. The first-order valence-corrected chi connectivity index (χ1v) is 4.64. The van der Waals surface area contributed by atoms with E-state index in [1.807, 2.05) is 13.8 Å². The Balaban J connectivity index is 2.60. The van der Waals surface area contributed by atoms with E-state index in [0.29, 0.717) is 5.75 Å². The maximum absolute atomic E-state index is 11.3. The minimum absolute atomic E-state index is 0.0937. The topological polar surface area (TPSA) is 46.5 Å². The summed E-state index contributed by atoms with van der Waals surface area (Å²) in [5.41, 5.74) is 0. The molecule has 0 aliphatic rings. The van der Waals surface area contributed by atoms with Crippen LogP contribution in [0.4, 0.5) is 0 Å². The molecule has 1 rings (SSSR count). The molecule has 0 saturated heterocycles. The second kappa shape index (κ2) is 4.65. The lowest BCUT2D eigenvalue weighted by molar-refractivity contribution is -0.138. The molecule has 0 aliphatic carbocycles. The van der Waals surface area contributed by atoms with Gasteiger partial charge in [0, 0.05) is 0 Å². The zero-order valence-corrected chi connectivity index (χ0v) is 8.36. The maximum Gasteiger partial charge on any atom is 0.314 e. The summed E-state index contributed by atoms with van der Waals surface area (Å²) in [7, 11) is 0. The van der Waals surface area contributed by atoms with Gasteiger partial charge in [0.1, 0.15) is 11.5 Å². The van der Waals surface area contributed by atoms with Crippen molar-refractivity contribution in [2.45, 2.75) is 20.3 Å². The van der Waals surface area contributed by atoms with Gasteiger partial charge in [-0.15, -0.1) is 0 Å². The van der Waals surface area contributed by atoms with Gasteiger partial charge in [0.25, 0.3) is 0 Å². The van der Waals surface area contributed by atoms with Gasteiger partial charge < -0.3 is 9.84 Å². The van der Waals surface area contributed by atoms with Crippen molar-refractivity contribution in [2.75, 3.05) is 0 Å². The van der Waals surface area contributed by atoms with Crippen molar-refractivity contribution in [1.29, 1.82) is 0 Å². The molecule has 0 spiro atoms. The summed E-state index contributed by atoms with van der Waals surface area (Å²) in [5.74, 6) is 0.295. The Bertz CT molecular complexity index is 303. The van der Waals surface area contributed by atoms with E-state index in [4.69, 9.17) is 9.84 Å². The number of ether oxygens (including phenoxy) is 1. The number of carbonyl (C=O) groups excluding carboxylic acids is 1. The molecule has 1 N–H and O–H groups in total. The molecule has 0 amide bonds. The van der Waals surface area contributed by atoms with Crippen molar-refractivity contribution in [2.24, 2.45) is 5.92 Å². The van der Waals surface area contributed by atoms with E-state index >= 15 is 0 Å². The average molecular weight is 194 g/mol. The smallest absolute Gasteiger partial charge is 0.314 e. The largest absolute Gasteiger partial charge is 0.508 e. The molecule has 0 bridgehead atoms. The van der Waals surface area contributed by atoms with Crippen molar-refractivity contribution in [3.8, 4) is 11.5 Å². The van der Waals surface area contributed by atoms with Gasteiger partial charge in [0.15, 0.2) is 0 Å². The SMILES string of the molecule is CCC(C)C(=O)Oc1ccc(O)cc1. The Labute approximate surface area is 83.3 Å². The molecule has 3 nitrogen and oxygen atoms in total. The Morgan fingerprint density at radius 2 is 2.00 bits per heavy atom. The Hall–Kier alpha value is -1.51. The first kappa shape index (κ1) is 10.6. The van der Waals surface area contributed by atoms with Crippen LogP contribution >= 0.6 is 0 Å². The van der Waals surface area contributed by atoms with E-state index in [2.05, 4.69) is 0 Å². The number of hydrogen-bond donors (Lipinski definition) is 1. The monoisotopic (exact) mass is 194 g/mol. The Kier molecular flexibility index (Phi) is 3.51. The lowest BCUT2D eigenvalue weighted by atomic mass is 10.1. The first-order chi connectivity index (χ1) is 6.63. The van der Waals surface area contributed by atoms with Crippen molar-refractivity contribution in [3.63, 3.8) is 0 Å². The summed E-state index contributed by atoms with van der Waals surface area (Å²) in [4.78, 5) is 11.3. The maximum atomic E-state index is 11.3. The molecule has 1 unspecified atom stereocenters. The summed E-state index contributed by atoms with van der Waals surface area (Å²) in [5, 5.41) is 9.01. The average Bonchev–Trinajstić information content (AvgIpc) is 2.20. The van der Waals surface area contributed by atoms with Crippen molar-refractivity contribution in [1.82, 2.24) is 0 Å². The molecule has 76 valence electrons. The second-order valence-corrected chi connectivity index (χ2v) is 3.22.